The van der Waals surface area contributed by atoms with Crippen LogP contribution in [0.15, 0.2) is 41.3 Å². The maximum absolute atomic E-state index is 13.2. The van der Waals surface area contributed by atoms with Crippen molar-refractivity contribution < 1.29 is 22.7 Å². The van der Waals surface area contributed by atoms with Crippen molar-refractivity contribution in [1.82, 2.24) is 14.5 Å². The van der Waals surface area contributed by atoms with Crippen LogP contribution in [0.1, 0.15) is 23.6 Å². The number of carbonyl (C=O) groups is 1. The fourth-order valence-corrected chi connectivity index (χ4v) is 5.96. The van der Waals surface area contributed by atoms with Gasteiger partial charge in [-0.1, -0.05) is 19.1 Å². The van der Waals surface area contributed by atoms with Gasteiger partial charge in [-0.25, -0.2) is 8.42 Å². The Morgan fingerprint density at radius 2 is 1.78 bits per heavy atom. The largest absolute Gasteiger partial charge is 0.497 e. The van der Waals surface area contributed by atoms with Crippen LogP contribution in [0.25, 0.3) is 0 Å². The normalized spacial score (nSPS) is 14.7. The molecule has 0 bridgehead atoms. The van der Waals surface area contributed by atoms with E-state index in [9.17, 15) is 13.2 Å². The second kappa shape index (κ2) is 13.2. The quantitative estimate of drug-likeness (QED) is 0.420. The first-order valence-corrected chi connectivity index (χ1v) is 14.1. The zero-order valence-electron chi connectivity index (χ0n) is 22.6. The number of amides is 1. The number of aryl methyl sites for hydroxylation is 2. The van der Waals surface area contributed by atoms with Gasteiger partial charge in [-0.2, -0.15) is 4.31 Å². The molecule has 1 amide bonds. The molecule has 1 fully saturated rings. The predicted octanol–water partition coefficient (Wildman–Crippen LogP) is 2.27. The van der Waals surface area contributed by atoms with Crippen molar-refractivity contribution in [2.24, 2.45) is 0 Å². The summed E-state index contributed by atoms with van der Waals surface area (Å²) in [6.45, 7) is 8.35. The van der Waals surface area contributed by atoms with Gasteiger partial charge in [-0.3, -0.25) is 4.79 Å². The van der Waals surface area contributed by atoms with Crippen molar-refractivity contribution in [2.75, 3.05) is 72.0 Å². The van der Waals surface area contributed by atoms with E-state index in [1.165, 1.54) is 17.0 Å². The highest BCUT2D eigenvalue weighted by molar-refractivity contribution is 7.89. The van der Waals surface area contributed by atoms with E-state index in [0.717, 1.165) is 31.7 Å². The van der Waals surface area contributed by atoms with Gasteiger partial charge in [-0.15, -0.1) is 0 Å². The van der Waals surface area contributed by atoms with Crippen LogP contribution in [0.2, 0.25) is 0 Å². The lowest BCUT2D eigenvalue weighted by Gasteiger charge is -2.34. The van der Waals surface area contributed by atoms with Crippen molar-refractivity contribution >= 4 is 21.6 Å². The summed E-state index contributed by atoms with van der Waals surface area (Å²) < 4.78 is 38.4. The Kier molecular flexibility index (Phi) is 10.3. The highest BCUT2D eigenvalue weighted by Crippen LogP contribution is 2.28. The number of nitrogens with one attached hydrogen (secondary N) is 1. The lowest BCUT2D eigenvalue weighted by Crippen LogP contribution is -2.44. The number of hydrogen-bond donors (Lipinski definition) is 1. The number of sulfonamides is 1. The van der Waals surface area contributed by atoms with Gasteiger partial charge in [-0.05, 0) is 61.3 Å². The molecule has 0 aliphatic carbocycles. The first-order chi connectivity index (χ1) is 17.6. The van der Waals surface area contributed by atoms with Crippen LogP contribution in [0.4, 0.5) is 5.69 Å². The van der Waals surface area contributed by atoms with E-state index >= 15 is 0 Å². The summed E-state index contributed by atoms with van der Waals surface area (Å²) in [5.74, 6) is 0.393. The molecule has 9 nitrogen and oxygen atoms in total. The molecular weight excluding hydrogens is 492 g/mol. The maximum atomic E-state index is 13.2. The second-order valence-electron chi connectivity index (χ2n) is 9.40. The smallest absolute Gasteiger partial charge is 0.246 e. The number of likely N-dealkylation sites (N-methyl/N-ethyl adjacent to an activating group) is 2. The molecule has 2 aromatic rings. The molecule has 0 aromatic heterocycles. The minimum Gasteiger partial charge on any atom is -0.497 e. The number of anilines is 1. The molecule has 0 unspecified atom stereocenters. The molecule has 204 valence electrons. The van der Waals surface area contributed by atoms with Crippen molar-refractivity contribution in [3.63, 3.8) is 0 Å². The molecule has 3 rings (SSSR count). The van der Waals surface area contributed by atoms with E-state index in [2.05, 4.69) is 34.3 Å². The third-order valence-corrected chi connectivity index (χ3v) is 8.79. The number of piperazine rings is 1. The number of methoxy groups -OCH3 is 1. The Morgan fingerprint density at radius 1 is 1.11 bits per heavy atom. The van der Waals surface area contributed by atoms with Gasteiger partial charge >= 0.3 is 0 Å². The van der Waals surface area contributed by atoms with E-state index in [0.29, 0.717) is 34.7 Å². The molecule has 1 N–H and O–H groups in total. The van der Waals surface area contributed by atoms with Crippen molar-refractivity contribution in [3.8, 4) is 5.75 Å². The van der Waals surface area contributed by atoms with Crippen LogP contribution >= 0.6 is 0 Å². The summed E-state index contributed by atoms with van der Waals surface area (Å²) in [5, 5.41) is 2.85. The van der Waals surface area contributed by atoms with Gasteiger partial charge in [0.15, 0.2) is 0 Å². The monoisotopic (exact) mass is 532 g/mol. The minimum atomic E-state index is -3.71. The Labute approximate surface area is 221 Å². The molecule has 0 spiro atoms. The molecule has 10 heteroatoms. The van der Waals surface area contributed by atoms with E-state index in [-0.39, 0.29) is 25.7 Å². The lowest BCUT2D eigenvalue weighted by molar-refractivity contribution is -0.125. The van der Waals surface area contributed by atoms with Gasteiger partial charge in [0, 0.05) is 52.0 Å². The van der Waals surface area contributed by atoms with Gasteiger partial charge in [0.1, 0.15) is 12.4 Å². The zero-order valence-corrected chi connectivity index (χ0v) is 23.4. The maximum Gasteiger partial charge on any atom is 0.246 e. The average Bonchev–Trinajstić information content (AvgIpc) is 2.89. The zero-order chi connectivity index (χ0) is 27.0. The topological polar surface area (TPSA) is 91.4 Å². The molecule has 1 aliphatic heterocycles. The van der Waals surface area contributed by atoms with Crippen LogP contribution in [-0.2, 0) is 32.5 Å². The van der Waals surface area contributed by atoms with E-state index < -0.39 is 10.0 Å². The predicted molar refractivity (Wildman–Crippen MR) is 146 cm³/mol. The number of carbonyl (C=O) groups excluding carboxylic acids is 1. The molecule has 1 aliphatic rings. The van der Waals surface area contributed by atoms with Gasteiger partial charge in [0.2, 0.25) is 15.9 Å². The summed E-state index contributed by atoms with van der Waals surface area (Å²) in [7, 11) is 1.51. The van der Waals surface area contributed by atoms with Crippen LogP contribution in [0.5, 0.6) is 5.75 Å². The number of hydrogen-bond acceptors (Lipinski definition) is 7. The molecule has 1 heterocycles. The first kappa shape index (κ1) is 28.9. The molecule has 0 radical (unpaired) electrons. The molecule has 2 aromatic carbocycles. The summed E-state index contributed by atoms with van der Waals surface area (Å²) in [5.41, 5.74) is 3.56. The summed E-state index contributed by atoms with van der Waals surface area (Å²) in [6, 6.07) is 11.7. The van der Waals surface area contributed by atoms with Crippen LogP contribution < -0.4 is 15.0 Å². The highest BCUT2D eigenvalue weighted by Gasteiger charge is 2.26. The minimum absolute atomic E-state index is 0.111. The first-order valence-electron chi connectivity index (χ1n) is 12.7. The third kappa shape index (κ3) is 7.67. The van der Waals surface area contributed by atoms with Gasteiger partial charge in [0.05, 0.1) is 18.6 Å². The molecule has 1 saturated heterocycles. The van der Waals surface area contributed by atoms with Crippen molar-refractivity contribution in [3.05, 3.63) is 53.1 Å². The standard InChI is InChI=1S/C27H40N4O5S/c1-6-23-18-25(35-5)17-21(2)27(23)37(33,34)30(4)15-16-36-20-26(32)28-19-22-7-9-24(10-8-22)31-13-11-29(3)12-14-31/h7-10,17-18H,6,11-16,19-20H2,1-5H3,(H,28,32). The average molecular weight is 533 g/mol. The van der Waals surface area contributed by atoms with Crippen LogP contribution in [-0.4, -0.2) is 90.7 Å². The molecule has 0 atom stereocenters. The third-order valence-electron chi connectivity index (χ3n) is 6.69. The van der Waals surface area contributed by atoms with E-state index in [4.69, 9.17) is 9.47 Å². The number of ether oxygens (including phenoxy) is 2. The fourth-order valence-electron chi connectivity index (χ4n) is 4.34. The fraction of sp³-hybridized carbons (Fsp3) is 0.519. The van der Waals surface area contributed by atoms with Crippen molar-refractivity contribution in [2.45, 2.75) is 31.7 Å². The van der Waals surface area contributed by atoms with Gasteiger partial charge in [0.25, 0.3) is 0 Å². The van der Waals surface area contributed by atoms with Gasteiger partial charge < -0.3 is 24.6 Å². The van der Waals surface area contributed by atoms with E-state index in [1.54, 1.807) is 26.2 Å². The number of benzene rings is 2. The van der Waals surface area contributed by atoms with Crippen LogP contribution in [0, 0.1) is 6.92 Å². The Bertz CT molecular complexity index is 1150. The Morgan fingerprint density at radius 3 is 2.41 bits per heavy atom. The lowest BCUT2D eigenvalue weighted by atomic mass is 10.1. The number of rotatable bonds is 12. The van der Waals surface area contributed by atoms with E-state index in [1.807, 2.05) is 19.1 Å². The summed E-state index contributed by atoms with van der Waals surface area (Å²) in [4.78, 5) is 17.2. The Balaban J connectivity index is 1.43. The molecule has 0 saturated carbocycles. The van der Waals surface area contributed by atoms with Crippen LogP contribution in [0.3, 0.4) is 0 Å². The van der Waals surface area contributed by atoms with Crippen molar-refractivity contribution in [1.29, 1.82) is 0 Å². The molecular formula is C27H40N4O5S. The second-order valence-corrected chi connectivity index (χ2v) is 11.4. The summed E-state index contributed by atoms with van der Waals surface area (Å²) >= 11 is 0. The highest BCUT2D eigenvalue weighted by atomic mass is 32.2. The number of nitrogens with zero attached hydrogens (tertiary/aromatic N) is 3. The summed E-state index contributed by atoms with van der Waals surface area (Å²) in [6.07, 6.45) is 0.565. The SMILES string of the molecule is CCc1cc(OC)cc(C)c1S(=O)(=O)N(C)CCOCC(=O)NCc1ccc(N2CCN(C)CC2)cc1. The molecule has 37 heavy (non-hydrogen) atoms. The Hall–Kier alpha value is -2.66.